The molecule has 1 aromatic carbocycles. The molecule has 4 fully saturated rings. The molecule has 0 aromatic heterocycles. The van der Waals surface area contributed by atoms with E-state index in [0.29, 0.717) is 17.8 Å². The molecule has 4 bridgehead atoms. The smallest absolute Gasteiger partial charge is 0.225 e. The maximum Gasteiger partial charge on any atom is 0.225 e. The SMILES string of the molecule is CC(=O)NC(CC(=O)N1CC2CC3CC(C2)CC1C3)c1c(F)cccc1F. The third-order valence-electron chi connectivity index (χ3n) is 6.53. The Labute approximate surface area is 158 Å². The van der Waals surface area contributed by atoms with Gasteiger partial charge in [-0.2, -0.15) is 0 Å². The molecule has 3 unspecified atom stereocenters. The lowest BCUT2D eigenvalue weighted by molar-refractivity contribution is -0.135. The van der Waals surface area contributed by atoms with Gasteiger partial charge in [-0.3, -0.25) is 9.59 Å². The summed E-state index contributed by atoms with van der Waals surface area (Å²) in [5.41, 5.74) is -0.235. The standard InChI is InChI=1S/C21H26F2N2O2/c1-12(26)24-19(21-17(22)3-2-4-18(21)23)10-20(27)25-11-15-6-13-5-14(7-15)9-16(25)8-13/h2-4,13-16,19H,5-11H2,1H3,(H,24,26). The number of fused-ring (bicyclic) bond motifs is 1. The van der Waals surface area contributed by atoms with Crippen LogP contribution in [0.2, 0.25) is 0 Å². The maximum atomic E-state index is 14.3. The molecular weight excluding hydrogens is 350 g/mol. The van der Waals surface area contributed by atoms with Crippen molar-refractivity contribution in [3.8, 4) is 0 Å². The Morgan fingerprint density at radius 3 is 2.26 bits per heavy atom. The highest BCUT2D eigenvalue weighted by molar-refractivity contribution is 5.79. The zero-order valence-corrected chi connectivity index (χ0v) is 15.6. The van der Waals surface area contributed by atoms with Gasteiger partial charge in [-0.15, -0.1) is 0 Å². The van der Waals surface area contributed by atoms with Gasteiger partial charge < -0.3 is 10.2 Å². The first-order chi connectivity index (χ1) is 12.9. The molecule has 0 radical (unpaired) electrons. The van der Waals surface area contributed by atoms with Crippen LogP contribution in [-0.2, 0) is 9.59 Å². The minimum atomic E-state index is -0.992. The molecule has 2 amide bonds. The molecule has 4 nitrogen and oxygen atoms in total. The molecule has 4 aliphatic rings. The summed E-state index contributed by atoms with van der Waals surface area (Å²) in [5.74, 6) is -0.0498. The van der Waals surface area contributed by atoms with Gasteiger partial charge in [-0.1, -0.05) is 6.07 Å². The summed E-state index contributed by atoms with van der Waals surface area (Å²) in [6.07, 6.45) is 5.62. The van der Waals surface area contributed by atoms with E-state index in [-0.39, 0.29) is 23.9 Å². The molecule has 2 saturated heterocycles. The Hall–Kier alpha value is -1.98. The average molecular weight is 376 g/mol. The van der Waals surface area contributed by atoms with Gasteiger partial charge in [0, 0.05) is 25.1 Å². The van der Waals surface area contributed by atoms with Gasteiger partial charge in [0.05, 0.1) is 12.5 Å². The fourth-order valence-corrected chi connectivity index (χ4v) is 5.70. The third kappa shape index (κ3) is 3.71. The summed E-state index contributed by atoms with van der Waals surface area (Å²) in [5, 5.41) is 2.57. The van der Waals surface area contributed by atoms with E-state index in [4.69, 9.17) is 0 Å². The van der Waals surface area contributed by atoms with Gasteiger partial charge in [0.1, 0.15) is 11.6 Å². The van der Waals surface area contributed by atoms with Gasteiger partial charge in [0.2, 0.25) is 11.8 Å². The summed E-state index contributed by atoms with van der Waals surface area (Å²) in [6.45, 7) is 2.03. The Morgan fingerprint density at radius 2 is 1.67 bits per heavy atom. The zero-order valence-electron chi connectivity index (χ0n) is 15.6. The van der Waals surface area contributed by atoms with Crippen LogP contribution >= 0.6 is 0 Å². The molecule has 5 rings (SSSR count). The second-order valence-electron chi connectivity index (χ2n) is 8.57. The number of amides is 2. The average Bonchev–Trinajstić information content (AvgIpc) is 2.77. The number of hydrogen-bond donors (Lipinski definition) is 1. The number of halogens is 2. The van der Waals surface area contributed by atoms with Crippen LogP contribution < -0.4 is 5.32 Å². The predicted octanol–water partition coefficient (Wildman–Crippen LogP) is 3.57. The molecule has 0 spiro atoms. The molecule has 2 heterocycles. The monoisotopic (exact) mass is 376 g/mol. The largest absolute Gasteiger partial charge is 0.349 e. The number of nitrogens with zero attached hydrogens (tertiary/aromatic N) is 1. The molecule has 27 heavy (non-hydrogen) atoms. The summed E-state index contributed by atoms with van der Waals surface area (Å²) in [7, 11) is 0. The summed E-state index contributed by atoms with van der Waals surface area (Å²) in [6, 6.07) is 2.84. The van der Waals surface area contributed by atoms with Crippen molar-refractivity contribution in [2.45, 2.75) is 57.5 Å². The fourth-order valence-electron chi connectivity index (χ4n) is 5.70. The molecule has 6 heteroatoms. The highest BCUT2D eigenvalue weighted by Crippen LogP contribution is 2.47. The first-order valence-electron chi connectivity index (χ1n) is 9.91. The predicted molar refractivity (Wildman–Crippen MR) is 96.6 cm³/mol. The van der Waals surface area contributed by atoms with Crippen LogP contribution in [0.4, 0.5) is 8.78 Å². The van der Waals surface area contributed by atoms with Crippen LogP contribution in [0.5, 0.6) is 0 Å². The second-order valence-corrected chi connectivity index (χ2v) is 8.57. The van der Waals surface area contributed by atoms with Crippen molar-refractivity contribution in [3.63, 3.8) is 0 Å². The van der Waals surface area contributed by atoms with Gasteiger partial charge in [-0.05, 0) is 62.0 Å². The molecule has 2 saturated carbocycles. The number of rotatable bonds is 4. The van der Waals surface area contributed by atoms with Crippen molar-refractivity contribution in [1.82, 2.24) is 10.2 Å². The number of carbonyl (C=O) groups is 2. The number of hydrogen-bond acceptors (Lipinski definition) is 2. The Balaban J connectivity index is 1.56. The van der Waals surface area contributed by atoms with E-state index < -0.39 is 23.6 Å². The zero-order chi connectivity index (χ0) is 19.1. The van der Waals surface area contributed by atoms with E-state index in [0.717, 1.165) is 31.5 Å². The lowest BCUT2D eigenvalue weighted by atomic mass is 9.68. The lowest BCUT2D eigenvalue weighted by Gasteiger charge is -2.39. The van der Waals surface area contributed by atoms with Gasteiger partial charge in [-0.25, -0.2) is 8.78 Å². The lowest BCUT2D eigenvalue weighted by Crippen LogP contribution is -2.44. The minimum absolute atomic E-state index is 0.115. The van der Waals surface area contributed by atoms with E-state index >= 15 is 0 Å². The molecule has 3 atom stereocenters. The number of nitrogens with one attached hydrogen (secondary N) is 1. The Bertz CT molecular complexity index is 719. The van der Waals surface area contributed by atoms with E-state index in [9.17, 15) is 18.4 Å². The topological polar surface area (TPSA) is 49.4 Å². The Morgan fingerprint density at radius 1 is 1.07 bits per heavy atom. The van der Waals surface area contributed by atoms with E-state index in [1.54, 1.807) is 0 Å². The van der Waals surface area contributed by atoms with Crippen LogP contribution in [-0.4, -0.2) is 29.3 Å². The van der Waals surface area contributed by atoms with Crippen LogP contribution in [0.3, 0.4) is 0 Å². The van der Waals surface area contributed by atoms with Crippen LogP contribution in [0.1, 0.15) is 57.1 Å². The van der Waals surface area contributed by atoms with Crippen molar-refractivity contribution < 1.29 is 18.4 Å². The van der Waals surface area contributed by atoms with Crippen molar-refractivity contribution in [2.75, 3.05) is 6.54 Å². The highest BCUT2D eigenvalue weighted by Gasteiger charge is 2.44. The highest BCUT2D eigenvalue weighted by atomic mass is 19.1. The van der Waals surface area contributed by atoms with Crippen molar-refractivity contribution in [1.29, 1.82) is 0 Å². The van der Waals surface area contributed by atoms with Crippen molar-refractivity contribution >= 4 is 11.8 Å². The quantitative estimate of drug-likeness (QED) is 0.873. The van der Waals surface area contributed by atoms with Crippen LogP contribution in [0, 0.1) is 29.4 Å². The normalized spacial score (nSPS) is 30.1. The molecule has 1 N–H and O–H groups in total. The van der Waals surface area contributed by atoms with E-state index in [1.165, 1.54) is 32.3 Å². The van der Waals surface area contributed by atoms with Crippen molar-refractivity contribution in [3.05, 3.63) is 35.4 Å². The summed E-state index contributed by atoms with van der Waals surface area (Å²) in [4.78, 5) is 26.7. The number of benzene rings is 1. The Kier molecular flexibility index (Phi) is 4.91. The van der Waals surface area contributed by atoms with Gasteiger partial charge in [0.25, 0.3) is 0 Å². The van der Waals surface area contributed by atoms with E-state index in [2.05, 4.69) is 5.32 Å². The minimum Gasteiger partial charge on any atom is -0.349 e. The first-order valence-corrected chi connectivity index (χ1v) is 9.91. The third-order valence-corrected chi connectivity index (χ3v) is 6.53. The number of carbonyl (C=O) groups excluding carboxylic acids is 2. The first kappa shape index (κ1) is 18.4. The van der Waals surface area contributed by atoms with Crippen molar-refractivity contribution in [2.24, 2.45) is 17.8 Å². The molecule has 2 aliphatic carbocycles. The van der Waals surface area contributed by atoms with Crippen LogP contribution in [0.25, 0.3) is 0 Å². The summed E-state index contributed by atoms with van der Waals surface area (Å²) < 4.78 is 28.5. The second kappa shape index (κ2) is 7.21. The molecule has 1 aromatic rings. The van der Waals surface area contributed by atoms with Gasteiger partial charge >= 0.3 is 0 Å². The maximum absolute atomic E-state index is 14.3. The summed E-state index contributed by atoms with van der Waals surface area (Å²) >= 11 is 0. The molecule has 2 aliphatic heterocycles. The fraction of sp³-hybridized carbons (Fsp3) is 0.619. The molecular formula is C21H26F2N2O2. The molecule has 146 valence electrons. The van der Waals surface area contributed by atoms with Gasteiger partial charge in [0.15, 0.2) is 0 Å². The van der Waals surface area contributed by atoms with Crippen LogP contribution in [0.15, 0.2) is 18.2 Å². The van der Waals surface area contributed by atoms with E-state index in [1.807, 2.05) is 4.90 Å².